The molecule has 0 bridgehead atoms. The fourth-order valence-corrected chi connectivity index (χ4v) is 2.27. The molecule has 0 fully saturated rings. The van der Waals surface area contributed by atoms with E-state index >= 15 is 0 Å². The van der Waals surface area contributed by atoms with Crippen LogP contribution in [0.3, 0.4) is 0 Å². The van der Waals surface area contributed by atoms with Crippen molar-refractivity contribution >= 4 is 11.1 Å². The van der Waals surface area contributed by atoms with E-state index in [1.165, 1.54) is 0 Å². The van der Waals surface area contributed by atoms with Crippen molar-refractivity contribution in [1.29, 1.82) is 5.26 Å². The Kier molecular flexibility index (Phi) is 3.75. The predicted octanol–water partition coefficient (Wildman–Crippen LogP) is 2.99. The third-order valence-electron chi connectivity index (χ3n) is 3.35. The number of benzene rings is 2. The van der Waals surface area contributed by atoms with Crippen LogP contribution in [0.15, 0.2) is 54.6 Å². The Morgan fingerprint density at radius 2 is 1.68 bits per heavy atom. The Morgan fingerprint density at radius 1 is 1.00 bits per heavy atom. The molecule has 0 spiro atoms. The summed E-state index contributed by atoms with van der Waals surface area (Å²) in [6, 6.07) is 20.0. The van der Waals surface area contributed by atoms with Gasteiger partial charge in [-0.05, 0) is 28.5 Å². The smallest absolute Gasteiger partial charge is 0.190 e. The van der Waals surface area contributed by atoms with Crippen LogP contribution >= 0.6 is 0 Å². The van der Waals surface area contributed by atoms with Gasteiger partial charge in [0.15, 0.2) is 5.82 Å². The molecule has 1 heterocycles. The number of nitrogens with zero attached hydrogens (tertiary/aromatic N) is 4. The molecule has 0 radical (unpaired) electrons. The van der Waals surface area contributed by atoms with Gasteiger partial charge in [0.05, 0.1) is 0 Å². The van der Waals surface area contributed by atoms with Crippen LogP contribution in [0.2, 0.25) is 0 Å². The van der Waals surface area contributed by atoms with Gasteiger partial charge in [-0.1, -0.05) is 60.2 Å². The topological polar surface area (TPSA) is 78.2 Å². The number of aryl methyl sites for hydroxylation is 1. The quantitative estimate of drug-likeness (QED) is 0.751. The van der Waals surface area contributed by atoms with Gasteiger partial charge in [0.25, 0.3) is 0 Å². The van der Waals surface area contributed by atoms with Crippen molar-refractivity contribution < 1.29 is 0 Å². The lowest BCUT2D eigenvalue weighted by Crippen LogP contribution is -1.96. The molecule has 22 heavy (non-hydrogen) atoms. The van der Waals surface area contributed by atoms with Crippen LogP contribution in [0.5, 0.6) is 0 Å². The van der Waals surface area contributed by atoms with Gasteiger partial charge in [0.2, 0.25) is 0 Å². The van der Waals surface area contributed by atoms with Gasteiger partial charge in [0.1, 0.15) is 11.6 Å². The standard InChI is InChI=1S/C17H13N5/c1-12-7-9-14(10-8-12)16(13-5-3-2-4-6-13)15(11-18)17-19-21-22-20-17/h2-10H,1H3,(H,19,20,21,22). The van der Waals surface area contributed by atoms with Gasteiger partial charge < -0.3 is 0 Å². The van der Waals surface area contributed by atoms with E-state index in [1.54, 1.807) is 0 Å². The molecule has 0 aliphatic carbocycles. The first-order chi connectivity index (χ1) is 10.8. The summed E-state index contributed by atoms with van der Waals surface area (Å²) in [7, 11) is 0. The van der Waals surface area contributed by atoms with Gasteiger partial charge in [0, 0.05) is 5.57 Å². The van der Waals surface area contributed by atoms with Crippen LogP contribution in [-0.2, 0) is 0 Å². The van der Waals surface area contributed by atoms with Gasteiger partial charge in [-0.25, -0.2) is 5.10 Å². The highest BCUT2D eigenvalue weighted by Crippen LogP contribution is 2.30. The summed E-state index contributed by atoms with van der Waals surface area (Å²) in [5, 5.41) is 23.3. The highest BCUT2D eigenvalue weighted by Gasteiger charge is 2.16. The third-order valence-corrected chi connectivity index (χ3v) is 3.35. The molecule has 0 aliphatic heterocycles. The molecule has 5 nitrogen and oxygen atoms in total. The fourth-order valence-electron chi connectivity index (χ4n) is 2.27. The van der Waals surface area contributed by atoms with Gasteiger partial charge in [-0.2, -0.15) is 5.26 Å². The molecule has 0 saturated heterocycles. The first-order valence-electron chi connectivity index (χ1n) is 6.80. The maximum Gasteiger partial charge on any atom is 0.190 e. The molecule has 106 valence electrons. The molecule has 1 aromatic heterocycles. The number of tetrazole rings is 1. The Labute approximate surface area is 127 Å². The highest BCUT2D eigenvalue weighted by molar-refractivity contribution is 6.02. The van der Waals surface area contributed by atoms with E-state index in [9.17, 15) is 5.26 Å². The van der Waals surface area contributed by atoms with Crippen LogP contribution in [0.25, 0.3) is 11.1 Å². The number of aromatic nitrogens is 4. The maximum absolute atomic E-state index is 9.62. The number of nitrogens with one attached hydrogen (secondary N) is 1. The summed E-state index contributed by atoms with van der Waals surface area (Å²) in [6.45, 7) is 2.03. The van der Waals surface area contributed by atoms with Crippen molar-refractivity contribution in [3.8, 4) is 6.07 Å². The first kappa shape index (κ1) is 13.7. The first-order valence-corrected chi connectivity index (χ1v) is 6.80. The second kappa shape index (κ2) is 6.02. The van der Waals surface area contributed by atoms with E-state index in [4.69, 9.17) is 0 Å². The largest absolute Gasteiger partial charge is 0.238 e. The summed E-state index contributed by atoms with van der Waals surface area (Å²) < 4.78 is 0. The lowest BCUT2D eigenvalue weighted by atomic mass is 9.92. The molecule has 0 unspecified atom stereocenters. The molecule has 5 heteroatoms. The molecule has 0 saturated carbocycles. The average molecular weight is 287 g/mol. The SMILES string of the molecule is Cc1ccc(C(=C(C#N)c2nnn[nH]2)c2ccccc2)cc1. The number of hydrogen-bond acceptors (Lipinski definition) is 4. The summed E-state index contributed by atoms with van der Waals surface area (Å²) >= 11 is 0. The zero-order chi connectivity index (χ0) is 15.4. The maximum atomic E-state index is 9.62. The highest BCUT2D eigenvalue weighted by atomic mass is 15.5. The van der Waals surface area contributed by atoms with E-state index in [-0.39, 0.29) is 0 Å². The molecular formula is C17H13N5. The normalized spacial score (nSPS) is 11.6. The van der Waals surface area contributed by atoms with Crippen molar-refractivity contribution in [3.05, 3.63) is 77.1 Å². The molecule has 3 rings (SSSR count). The molecule has 0 atom stereocenters. The summed E-state index contributed by atoms with van der Waals surface area (Å²) in [6.07, 6.45) is 0. The Bertz CT molecular complexity index is 825. The Morgan fingerprint density at radius 3 is 2.27 bits per heavy atom. The van der Waals surface area contributed by atoms with Crippen LogP contribution in [0.1, 0.15) is 22.5 Å². The minimum Gasteiger partial charge on any atom is -0.238 e. The Balaban J connectivity index is 2.28. The van der Waals surface area contributed by atoms with Crippen molar-refractivity contribution in [2.75, 3.05) is 0 Å². The summed E-state index contributed by atoms with van der Waals surface area (Å²) in [5.41, 5.74) is 4.28. The number of aromatic amines is 1. The molecule has 3 aromatic rings. The van der Waals surface area contributed by atoms with Crippen LogP contribution in [-0.4, -0.2) is 20.6 Å². The monoisotopic (exact) mass is 287 g/mol. The van der Waals surface area contributed by atoms with Gasteiger partial charge in [-0.3, -0.25) is 0 Å². The van der Waals surface area contributed by atoms with Crippen LogP contribution < -0.4 is 0 Å². The van der Waals surface area contributed by atoms with E-state index in [0.717, 1.165) is 22.3 Å². The zero-order valence-electron chi connectivity index (χ0n) is 12.0. The van der Waals surface area contributed by atoms with Crippen molar-refractivity contribution in [3.63, 3.8) is 0 Å². The third kappa shape index (κ3) is 2.63. The molecule has 1 N–H and O–H groups in total. The van der Waals surface area contributed by atoms with E-state index in [2.05, 4.69) is 26.7 Å². The minimum atomic E-state index is 0.363. The average Bonchev–Trinajstić information content (AvgIpc) is 3.08. The second-order valence-corrected chi connectivity index (χ2v) is 4.84. The lowest BCUT2D eigenvalue weighted by molar-refractivity contribution is 0.881. The van der Waals surface area contributed by atoms with Gasteiger partial charge in [-0.15, -0.1) is 5.10 Å². The zero-order valence-corrected chi connectivity index (χ0v) is 12.0. The van der Waals surface area contributed by atoms with E-state index < -0.39 is 0 Å². The summed E-state index contributed by atoms with van der Waals surface area (Å²) in [5.74, 6) is 0.363. The number of allylic oxidation sites excluding steroid dienone is 1. The van der Waals surface area contributed by atoms with Crippen LogP contribution in [0, 0.1) is 18.3 Å². The molecular weight excluding hydrogens is 274 g/mol. The van der Waals surface area contributed by atoms with Crippen LogP contribution in [0.4, 0.5) is 0 Å². The number of nitriles is 1. The fraction of sp³-hybridized carbons (Fsp3) is 0.0588. The van der Waals surface area contributed by atoms with Crippen molar-refractivity contribution in [2.24, 2.45) is 0 Å². The van der Waals surface area contributed by atoms with E-state index in [1.807, 2.05) is 61.5 Å². The lowest BCUT2D eigenvalue weighted by Gasteiger charge is -2.10. The Hall–Kier alpha value is -3.26. The van der Waals surface area contributed by atoms with E-state index in [0.29, 0.717) is 11.4 Å². The molecule has 0 aliphatic rings. The van der Waals surface area contributed by atoms with Crippen molar-refractivity contribution in [2.45, 2.75) is 6.92 Å². The molecule has 2 aromatic carbocycles. The number of rotatable bonds is 3. The summed E-state index contributed by atoms with van der Waals surface area (Å²) in [4.78, 5) is 0. The minimum absolute atomic E-state index is 0.363. The molecule has 0 amide bonds. The van der Waals surface area contributed by atoms with Gasteiger partial charge >= 0.3 is 0 Å². The second-order valence-electron chi connectivity index (χ2n) is 4.84. The predicted molar refractivity (Wildman–Crippen MR) is 83.3 cm³/mol. The number of hydrogen-bond donors (Lipinski definition) is 1. The van der Waals surface area contributed by atoms with Crippen molar-refractivity contribution in [1.82, 2.24) is 20.6 Å². The number of H-pyrrole nitrogens is 1.